The van der Waals surface area contributed by atoms with Gasteiger partial charge < -0.3 is 24.3 Å². The van der Waals surface area contributed by atoms with Crippen molar-refractivity contribution in [2.75, 3.05) is 32.7 Å². The zero-order chi connectivity index (χ0) is 34.3. The van der Waals surface area contributed by atoms with E-state index < -0.39 is 22.2 Å². The third-order valence-corrected chi connectivity index (χ3v) is 16.3. The number of nitrogens with zero attached hydrogens (tertiary/aromatic N) is 2. The number of aliphatic carboxylic acids is 1. The summed E-state index contributed by atoms with van der Waals surface area (Å²) < 4.78 is 13.5. The van der Waals surface area contributed by atoms with Gasteiger partial charge >= 0.3 is 5.97 Å². The molecule has 8 rings (SSSR count). The smallest absolute Gasteiger partial charge is 0.315 e. The van der Waals surface area contributed by atoms with E-state index in [1.165, 1.54) is 57.7 Å². The fraction of sp³-hybridized carbons (Fsp3) is 0.905. The van der Waals surface area contributed by atoms with Gasteiger partial charge in [-0.05, 0) is 113 Å². The molecule has 49 heavy (non-hydrogen) atoms. The van der Waals surface area contributed by atoms with Crippen molar-refractivity contribution in [2.24, 2.45) is 57.7 Å². The monoisotopic (exact) mass is 678 g/mol. The average Bonchev–Trinajstić information content (AvgIpc) is 3.89. The standard InChI is InChI=1S/C42H66N2O5/c1-26(2)36-19-32-20-40(25-45)35-13-10-27(3)34(35)21-41(32,42(36,40)39(46)47)38-18-31(12-11-30-8-6-7-9-30)37(49-38)24-43-16-14-33(15-17-43)44-22-28(4)48-29(5)23-44/h19,25-35,37-38H,6-18,20-24H2,1-5H3,(H,46,47)/t27-,28-,29+,31+,32?,34-,35-,37+,38-,40?,41?,42+/m1/s1. The number of hydrogen-bond donors (Lipinski definition) is 1. The predicted octanol–water partition coefficient (Wildman–Crippen LogP) is 7.23. The Hall–Kier alpha value is -1.28. The maximum Gasteiger partial charge on any atom is 0.315 e. The quantitative estimate of drug-likeness (QED) is 0.193. The van der Waals surface area contributed by atoms with Gasteiger partial charge in [-0.3, -0.25) is 9.69 Å². The van der Waals surface area contributed by atoms with Gasteiger partial charge in [0.05, 0.1) is 29.8 Å². The van der Waals surface area contributed by atoms with Crippen LogP contribution in [-0.4, -0.2) is 90.3 Å². The molecule has 3 aliphatic heterocycles. The molecule has 5 aliphatic carbocycles. The van der Waals surface area contributed by atoms with E-state index in [1.54, 1.807) is 0 Å². The summed E-state index contributed by atoms with van der Waals surface area (Å²) >= 11 is 0. The molecular formula is C42H66N2O5. The van der Waals surface area contributed by atoms with E-state index in [0.717, 1.165) is 69.9 Å². The van der Waals surface area contributed by atoms with Gasteiger partial charge in [0.25, 0.3) is 0 Å². The number of carboxylic acid groups (broad SMARTS) is 1. The maximum atomic E-state index is 14.2. The van der Waals surface area contributed by atoms with E-state index in [-0.39, 0.29) is 30.0 Å². The summed E-state index contributed by atoms with van der Waals surface area (Å²) in [5.41, 5.74) is -1.45. The van der Waals surface area contributed by atoms with Crippen molar-refractivity contribution in [1.29, 1.82) is 0 Å². The Morgan fingerprint density at radius 3 is 2.35 bits per heavy atom. The highest BCUT2D eigenvalue weighted by molar-refractivity contribution is 5.90. The third-order valence-electron chi connectivity index (χ3n) is 16.3. The van der Waals surface area contributed by atoms with Gasteiger partial charge in [-0.15, -0.1) is 0 Å². The van der Waals surface area contributed by atoms with Crippen LogP contribution in [0.3, 0.4) is 0 Å². The van der Waals surface area contributed by atoms with Gasteiger partial charge in [0.1, 0.15) is 11.7 Å². The molecule has 0 aromatic heterocycles. The van der Waals surface area contributed by atoms with Crippen molar-refractivity contribution in [2.45, 2.75) is 149 Å². The van der Waals surface area contributed by atoms with Gasteiger partial charge in [-0.25, -0.2) is 0 Å². The van der Waals surface area contributed by atoms with Gasteiger partial charge in [0, 0.05) is 31.1 Å². The highest BCUT2D eigenvalue weighted by Gasteiger charge is 2.86. The van der Waals surface area contributed by atoms with Crippen LogP contribution >= 0.6 is 0 Å². The lowest BCUT2D eigenvalue weighted by molar-refractivity contribution is -0.197. The molecule has 274 valence electrons. The summed E-state index contributed by atoms with van der Waals surface area (Å²) in [4.78, 5) is 33.3. The second-order valence-corrected chi connectivity index (χ2v) is 19.0. The van der Waals surface area contributed by atoms with Crippen LogP contribution in [0.2, 0.25) is 0 Å². The molecule has 3 heterocycles. The Morgan fingerprint density at radius 2 is 1.69 bits per heavy atom. The molecular weight excluding hydrogens is 612 g/mol. The second kappa shape index (κ2) is 13.0. The summed E-state index contributed by atoms with van der Waals surface area (Å²) in [7, 11) is 0. The van der Waals surface area contributed by atoms with Gasteiger partial charge in [-0.1, -0.05) is 70.9 Å². The molecule has 12 atom stereocenters. The second-order valence-electron chi connectivity index (χ2n) is 19.0. The molecule has 7 nitrogen and oxygen atoms in total. The molecule has 3 unspecified atom stereocenters. The Kier molecular flexibility index (Phi) is 9.22. The molecule has 0 aromatic rings. The summed E-state index contributed by atoms with van der Waals surface area (Å²) in [6.45, 7) is 16.4. The molecule has 4 saturated carbocycles. The minimum atomic E-state index is -1.15. The lowest BCUT2D eigenvalue weighted by Crippen LogP contribution is -2.65. The normalized spacial score (nSPS) is 47.6. The van der Waals surface area contributed by atoms with Crippen LogP contribution in [0, 0.1) is 57.7 Å². The minimum Gasteiger partial charge on any atom is -0.481 e. The number of ether oxygens (including phenoxy) is 2. The van der Waals surface area contributed by atoms with E-state index in [2.05, 4.69) is 50.5 Å². The molecule has 0 amide bonds. The Labute approximate surface area is 296 Å². The summed E-state index contributed by atoms with van der Waals surface area (Å²) in [6, 6.07) is 0.629. The first kappa shape index (κ1) is 34.8. The number of likely N-dealkylation sites (tertiary alicyclic amines) is 1. The first-order valence-electron chi connectivity index (χ1n) is 20.7. The Bertz CT molecular complexity index is 1280. The number of hydrogen-bond acceptors (Lipinski definition) is 6. The summed E-state index contributed by atoms with van der Waals surface area (Å²) in [5.74, 6) is 1.88. The van der Waals surface area contributed by atoms with Crippen molar-refractivity contribution in [3.63, 3.8) is 0 Å². The van der Waals surface area contributed by atoms with Crippen LogP contribution in [0.5, 0.6) is 0 Å². The Morgan fingerprint density at radius 1 is 0.980 bits per heavy atom. The number of morpholine rings is 1. The number of allylic oxidation sites excluding steroid dienone is 1. The number of fused-ring (bicyclic) bond motifs is 2. The highest BCUT2D eigenvalue weighted by atomic mass is 16.5. The average molecular weight is 679 g/mol. The molecule has 7 heteroatoms. The fourth-order valence-electron chi connectivity index (χ4n) is 14.5. The van der Waals surface area contributed by atoms with E-state index >= 15 is 0 Å². The number of rotatable bonds is 10. The molecule has 0 spiro atoms. The van der Waals surface area contributed by atoms with Gasteiger partial charge in [-0.2, -0.15) is 0 Å². The molecule has 1 N–H and O–H groups in total. The lowest BCUT2D eigenvalue weighted by Gasteiger charge is -2.60. The fourth-order valence-corrected chi connectivity index (χ4v) is 14.5. The van der Waals surface area contributed by atoms with Crippen molar-refractivity contribution in [3.8, 4) is 0 Å². The predicted molar refractivity (Wildman–Crippen MR) is 191 cm³/mol. The SMILES string of the molecule is CC(C)C1=CC2CC3(C=O)[C@@H]4CC[C@@H](C)[C@H]4CC2([C@H]2C[C@H](CCC4CCCC4)[C@H](CN4CCC(N5C[C@@H](C)O[C@@H](C)C5)CC4)O2)[C@]13C(=O)O. The largest absolute Gasteiger partial charge is 0.481 e. The van der Waals surface area contributed by atoms with Gasteiger partial charge in [0.2, 0.25) is 0 Å². The van der Waals surface area contributed by atoms with Crippen LogP contribution in [0.25, 0.3) is 0 Å². The van der Waals surface area contributed by atoms with E-state index in [9.17, 15) is 14.7 Å². The third kappa shape index (κ3) is 5.15. The van der Waals surface area contributed by atoms with Crippen LogP contribution in [0.15, 0.2) is 11.6 Å². The highest BCUT2D eigenvalue weighted by Crippen LogP contribution is 2.84. The number of piperidine rings is 1. The number of carbonyl (C=O) groups is 2. The Balaban J connectivity index is 1.08. The van der Waals surface area contributed by atoms with Crippen LogP contribution < -0.4 is 0 Å². The van der Waals surface area contributed by atoms with E-state index in [4.69, 9.17) is 9.47 Å². The van der Waals surface area contributed by atoms with Crippen LogP contribution in [0.1, 0.15) is 118 Å². The molecule has 3 saturated heterocycles. The number of aldehydes is 1. The van der Waals surface area contributed by atoms with Gasteiger partial charge in [0.15, 0.2) is 0 Å². The van der Waals surface area contributed by atoms with E-state index in [1.807, 2.05) is 0 Å². The minimum absolute atomic E-state index is 0.101. The summed E-state index contributed by atoms with van der Waals surface area (Å²) in [6.07, 6.45) is 19.2. The molecule has 0 aromatic carbocycles. The topological polar surface area (TPSA) is 79.3 Å². The maximum absolute atomic E-state index is 14.2. The first-order chi connectivity index (χ1) is 23.5. The molecule has 8 aliphatic rings. The van der Waals surface area contributed by atoms with Crippen LogP contribution in [-0.2, 0) is 19.1 Å². The van der Waals surface area contributed by atoms with Crippen LogP contribution in [0.4, 0.5) is 0 Å². The number of carbonyl (C=O) groups excluding carboxylic acids is 1. The summed E-state index contributed by atoms with van der Waals surface area (Å²) in [5, 5.41) is 11.7. The molecule has 4 bridgehead atoms. The van der Waals surface area contributed by atoms with Crippen molar-refractivity contribution in [3.05, 3.63) is 11.6 Å². The lowest BCUT2D eigenvalue weighted by atomic mass is 9.41. The van der Waals surface area contributed by atoms with Crippen molar-refractivity contribution in [1.82, 2.24) is 9.80 Å². The zero-order valence-electron chi connectivity index (χ0n) is 31.3. The molecule has 0 radical (unpaired) electrons. The van der Waals surface area contributed by atoms with Crippen molar-refractivity contribution < 1.29 is 24.2 Å². The zero-order valence-corrected chi connectivity index (χ0v) is 31.3. The van der Waals surface area contributed by atoms with E-state index in [0.29, 0.717) is 42.4 Å². The molecule has 7 fully saturated rings. The van der Waals surface area contributed by atoms with Crippen molar-refractivity contribution >= 4 is 12.3 Å². The number of carboxylic acids is 1. The first-order valence-corrected chi connectivity index (χ1v) is 20.7.